The molecular formula is C21H26N2O5S. The third-order valence-corrected chi connectivity index (χ3v) is 6.95. The van der Waals surface area contributed by atoms with E-state index >= 15 is 0 Å². The molecule has 0 aromatic heterocycles. The number of carbonyl (C=O) groups is 1. The molecule has 1 fully saturated rings. The van der Waals surface area contributed by atoms with Crippen LogP contribution in [0.3, 0.4) is 0 Å². The summed E-state index contributed by atoms with van der Waals surface area (Å²) in [5, 5.41) is 9.97. The lowest BCUT2D eigenvalue weighted by Gasteiger charge is -2.34. The van der Waals surface area contributed by atoms with Gasteiger partial charge >= 0.3 is 0 Å². The van der Waals surface area contributed by atoms with Gasteiger partial charge in [-0.05, 0) is 48.7 Å². The van der Waals surface area contributed by atoms with Crippen LogP contribution < -0.4 is 4.74 Å². The van der Waals surface area contributed by atoms with Crippen LogP contribution in [0.1, 0.15) is 18.1 Å². The molecule has 8 heteroatoms. The topological polar surface area (TPSA) is 87.2 Å². The second-order valence-electron chi connectivity index (χ2n) is 7.04. The average molecular weight is 419 g/mol. The zero-order chi connectivity index (χ0) is 21.0. The van der Waals surface area contributed by atoms with Gasteiger partial charge in [0.1, 0.15) is 16.4 Å². The highest BCUT2D eigenvalue weighted by Crippen LogP contribution is 2.27. The van der Waals surface area contributed by atoms with Crippen LogP contribution in [0.15, 0.2) is 47.4 Å². The Morgan fingerprint density at radius 1 is 1.07 bits per heavy atom. The highest BCUT2D eigenvalue weighted by molar-refractivity contribution is 7.89. The first-order valence-electron chi connectivity index (χ1n) is 9.60. The fourth-order valence-electron chi connectivity index (χ4n) is 3.20. The molecule has 1 N–H and O–H groups in total. The highest BCUT2D eigenvalue weighted by atomic mass is 32.2. The average Bonchev–Trinajstić information content (AvgIpc) is 2.74. The van der Waals surface area contributed by atoms with Gasteiger partial charge in [-0.1, -0.05) is 25.1 Å². The van der Waals surface area contributed by atoms with E-state index in [0.29, 0.717) is 5.75 Å². The van der Waals surface area contributed by atoms with Gasteiger partial charge in [0.05, 0.1) is 0 Å². The maximum absolute atomic E-state index is 12.8. The summed E-state index contributed by atoms with van der Waals surface area (Å²) in [5.41, 5.74) is 1.94. The smallest absolute Gasteiger partial charge is 0.260 e. The van der Waals surface area contributed by atoms with Crippen LogP contribution >= 0.6 is 0 Å². The first-order valence-corrected chi connectivity index (χ1v) is 11.0. The maximum Gasteiger partial charge on any atom is 0.260 e. The van der Waals surface area contributed by atoms with Gasteiger partial charge in [-0.15, -0.1) is 0 Å². The van der Waals surface area contributed by atoms with E-state index in [2.05, 4.69) is 6.92 Å². The largest absolute Gasteiger partial charge is 0.507 e. The van der Waals surface area contributed by atoms with Crippen LogP contribution in [0.25, 0.3) is 0 Å². The van der Waals surface area contributed by atoms with Crippen LogP contribution in [0, 0.1) is 6.92 Å². The maximum atomic E-state index is 12.8. The van der Waals surface area contributed by atoms with Gasteiger partial charge in [0.15, 0.2) is 6.61 Å². The SMILES string of the molecule is CCc1ccc(OCC(=O)N2CCN(S(=O)(=O)c3cc(C)ccc3O)CC2)cc1. The molecule has 1 amide bonds. The summed E-state index contributed by atoms with van der Waals surface area (Å²) in [7, 11) is -3.81. The van der Waals surface area contributed by atoms with Gasteiger partial charge in [-0.3, -0.25) is 4.79 Å². The van der Waals surface area contributed by atoms with Crippen LogP contribution in [0.4, 0.5) is 0 Å². The van der Waals surface area contributed by atoms with Crippen molar-refractivity contribution in [1.82, 2.24) is 9.21 Å². The predicted molar refractivity (Wildman–Crippen MR) is 109 cm³/mol. The van der Waals surface area contributed by atoms with E-state index < -0.39 is 10.0 Å². The number of nitrogens with zero attached hydrogens (tertiary/aromatic N) is 2. The molecule has 2 aromatic carbocycles. The predicted octanol–water partition coefficient (Wildman–Crippen LogP) is 2.17. The van der Waals surface area contributed by atoms with Crippen molar-refractivity contribution in [1.29, 1.82) is 0 Å². The first kappa shape index (κ1) is 21.1. The summed E-state index contributed by atoms with van der Waals surface area (Å²) in [4.78, 5) is 13.9. The fourth-order valence-corrected chi connectivity index (χ4v) is 4.79. The van der Waals surface area contributed by atoms with Gasteiger partial charge in [0.2, 0.25) is 10.0 Å². The molecule has 0 atom stereocenters. The van der Waals surface area contributed by atoms with E-state index in [4.69, 9.17) is 4.74 Å². The van der Waals surface area contributed by atoms with Crippen molar-refractivity contribution in [3.05, 3.63) is 53.6 Å². The Balaban J connectivity index is 1.56. The minimum atomic E-state index is -3.81. The Morgan fingerprint density at radius 2 is 1.72 bits per heavy atom. The molecule has 0 bridgehead atoms. The lowest BCUT2D eigenvalue weighted by Crippen LogP contribution is -2.51. The second kappa shape index (κ2) is 8.84. The molecule has 156 valence electrons. The van der Waals surface area contributed by atoms with Crippen molar-refractivity contribution >= 4 is 15.9 Å². The lowest BCUT2D eigenvalue weighted by molar-refractivity contribution is -0.134. The van der Waals surface area contributed by atoms with E-state index in [1.807, 2.05) is 24.3 Å². The van der Waals surface area contributed by atoms with Gasteiger partial charge in [0, 0.05) is 26.2 Å². The number of hydrogen-bond donors (Lipinski definition) is 1. The van der Waals surface area contributed by atoms with Crippen LogP contribution in [-0.2, 0) is 21.2 Å². The standard InChI is InChI=1S/C21H26N2O5S/c1-3-17-5-7-18(8-6-17)28-15-21(25)22-10-12-23(13-11-22)29(26,27)20-14-16(2)4-9-19(20)24/h4-9,14,24H,3,10-13,15H2,1-2H3. The molecule has 0 spiro atoms. The number of ether oxygens (including phenoxy) is 1. The molecule has 1 saturated heterocycles. The second-order valence-corrected chi connectivity index (χ2v) is 8.95. The first-order chi connectivity index (χ1) is 13.8. The Hall–Kier alpha value is -2.58. The molecule has 7 nitrogen and oxygen atoms in total. The summed E-state index contributed by atoms with van der Waals surface area (Å²) >= 11 is 0. The third-order valence-electron chi connectivity index (χ3n) is 5.02. The van der Waals surface area contributed by atoms with Crippen molar-refractivity contribution in [3.63, 3.8) is 0 Å². The summed E-state index contributed by atoms with van der Waals surface area (Å²) in [6.07, 6.45) is 0.937. The van der Waals surface area contributed by atoms with E-state index in [-0.39, 0.29) is 49.3 Å². The Kier molecular flexibility index (Phi) is 6.44. The molecule has 0 radical (unpaired) electrons. The zero-order valence-corrected chi connectivity index (χ0v) is 17.5. The van der Waals surface area contributed by atoms with Crippen LogP contribution in [0.5, 0.6) is 11.5 Å². The third kappa shape index (κ3) is 4.89. The number of aryl methyl sites for hydroxylation is 2. The van der Waals surface area contributed by atoms with E-state index in [1.165, 1.54) is 22.0 Å². The molecule has 2 aromatic rings. The minimum Gasteiger partial charge on any atom is -0.507 e. The summed E-state index contributed by atoms with van der Waals surface area (Å²) in [6, 6.07) is 12.1. The highest BCUT2D eigenvalue weighted by Gasteiger charge is 2.32. The summed E-state index contributed by atoms with van der Waals surface area (Å²) in [6.45, 7) is 4.66. The van der Waals surface area contributed by atoms with E-state index in [0.717, 1.165) is 12.0 Å². The molecule has 0 saturated carbocycles. The van der Waals surface area contributed by atoms with Crippen molar-refractivity contribution < 1.29 is 23.1 Å². The molecule has 0 unspecified atom stereocenters. The molecule has 29 heavy (non-hydrogen) atoms. The quantitative estimate of drug-likeness (QED) is 0.777. The number of benzene rings is 2. The van der Waals surface area contributed by atoms with Crippen LogP contribution in [0.2, 0.25) is 0 Å². The zero-order valence-electron chi connectivity index (χ0n) is 16.7. The van der Waals surface area contributed by atoms with Gasteiger partial charge in [-0.25, -0.2) is 8.42 Å². The number of amides is 1. The Morgan fingerprint density at radius 3 is 2.34 bits per heavy atom. The Labute approximate surface area is 171 Å². The molecule has 1 aliphatic rings. The monoisotopic (exact) mass is 418 g/mol. The number of carbonyl (C=O) groups excluding carboxylic acids is 1. The van der Waals surface area contributed by atoms with E-state index in [9.17, 15) is 18.3 Å². The summed E-state index contributed by atoms with van der Waals surface area (Å²) < 4.78 is 32.5. The molecule has 0 aliphatic carbocycles. The van der Waals surface area contributed by atoms with Crippen molar-refractivity contribution in [2.24, 2.45) is 0 Å². The van der Waals surface area contributed by atoms with E-state index in [1.54, 1.807) is 17.9 Å². The molecule has 3 rings (SSSR count). The van der Waals surface area contributed by atoms with Crippen molar-refractivity contribution in [3.8, 4) is 11.5 Å². The number of phenols is 1. The molecule has 1 heterocycles. The van der Waals surface area contributed by atoms with Gasteiger partial charge in [-0.2, -0.15) is 4.31 Å². The number of phenolic OH excluding ortho intramolecular Hbond substituents is 1. The number of piperazine rings is 1. The van der Waals surface area contributed by atoms with Crippen LogP contribution in [-0.4, -0.2) is 61.4 Å². The Bertz CT molecular complexity index is 965. The van der Waals surface area contributed by atoms with Gasteiger partial charge in [0.25, 0.3) is 5.91 Å². The fraction of sp³-hybridized carbons (Fsp3) is 0.381. The number of sulfonamides is 1. The molecular weight excluding hydrogens is 392 g/mol. The minimum absolute atomic E-state index is 0.0864. The van der Waals surface area contributed by atoms with Gasteiger partial charge < -0.3 is 14.7 Å². The molecule has 1 aliphatic heterocycles. The number of rotatable bonds is 6. The van der Waals surface area contributed by atoms with Crippen molar-refractivity contribution in [2.45, 2.75) is 25.2 Å². The number of aromatic hydroxyl groups is 1. The summed E-state index contributed by atoms with van der Waals surface area (Å²) in [5.74, 6) is 0.184. The normalized spacial score (nSPS) is 15.3. The lowest BCUT2D eigenvalue weighted by atomic mass is 10.2. The van der Waals surface area contributed by atoms with Crippen molar-refractivity contribution in [2.75, 3.05) is 32.8 Å². The number of hydrogen-bond acceptors (Lipinski definition) is 5.